The summed E-state index contributed by atoms with van der Waals surface area (Å²) in [5.41, 5.74) is 6.84. The molecule has 3 aromatic rings. The van der Waals surface area contributed by atoms with Crippen LogP contribution in [0.1, 0.15) is 48.0 Å². The monoisotopic (exact) mass is 315 g/mol. The second-order valence-corrected chi connectivity index (χ2v) is 6.29. The molecule has 3 nitrogen and oxygen atoms in total. The number of hydrogen-bond donors (Lipinski definition) is 0. The highest BCUT2D eigenvalue weighted by atomic mass is 15.0. The average molecular weight is 315 g/mol. The van der Waals surface area contributed by atoms with Gasteiger partial charge in [0.05, 0.1) is 0 Å². The van der Waals surface area contributed by atoms with E-state index in [1.54, 1.807) is 0 Å². The SMILES string of the molecule is CCc1nc(CC)nc(Cc2ccc3c(c2)-c2ccccc2C3)n1. The molecule has 1 aliphatic carbocycles. The summed E-state index contributed by atoms with van der Waals surface area (Å²) < 4.78 is 0. The van der Waals surface area contributed by atoms with Gasteiger partial charge in [-0.15, -0.1) is 0 Å². The minimum atomic E-state index is 0.762. The predicted molar refractivity (Wildman–Crippen MR) is 96.1 cm³/mol. The van der Waals surface area contributed by atoms with Crippen LogP contribution in [0.15, 0.2) is 42.5 Å². The van der Waals surface area contributed by atoms with Crippen molar-refractivity contribution < 1.29 is 0 Å². The van der Waals surface area contributed by atoms with Crippen LogP contribution in [-0.2, 0) is 25.7 Å². The second-order valence-electron chi connectivity index (χ2n) is 6.29. The topological polar surface area (TPSA) is 38.7 Å². The molecular formula is C21H21N3. The van der Waals surface area contributed by atoms with E-state index in [0.29, 0.717) is 0 Å². The van der Waals surface area contributed by atoms with Gasteiger partial charge >= 0.3 is 0 Å². The summed E-state index contributed by atoms with van der Waals surface area (Å²) >= 11 is 0. The van der Waals surface area contributed by atoms with Crippen molar-refractivity contribution in [3.63, 3.8) is 0 Å². The van der Waals surface area contributed by atoms with E-state index in [4.69, 9.17) is 0 Å². The van der Waals surface area contributed by atoms with Gasteiger partial charge in [-0.05, 0) is 34.2 Å². The van der Waals surface area contributed by atoms with Crippen molar-refractivity contribution in [2.75, 3.05) is 0 Å². The zero-order valence-electron chi connectivity index (χ0n) is 14.2. The van der Waals surface area contributed by atoms with E-state index in [0.717, 1.165) is 43.2 Å². The highest BCUT2D eigenvalue weighted by Gasteiger charge is 2.18. The fourth-order valence-corrected chi connectivity index (χ4v) is 3.38. The van der Waals surface area contributed by atoms with E-state index >= 15 is 0 Å². The lowest BCUT2D eigenvalue weighted by atomic mass is 10.0. The Labute approximate surface area is 142 Å². The summed E-state index contributed by atoms with van der Waals surface area (Å²) in [6, 6.07) is 15.5. The van der Waals surface area contributed by atoms with Crippen molar-refractivity contribution in [1.82, 2.24) is 15.0 Å². The van der Waals surface area contributed by atoms with E-state index in [1.807, 2.05) is 0 Å². The number of aromatic nitrogens is 3. The van der Waals surface area contributed by atoms with Crippen LogP contribution in [0, 0.1) is 0 Å². The first-order valence-corrected chi connectivity index (χ1v) is 8.69. The van der Waals surface area contributed by atoms with E-state index in [2.05, 4.69) is 71.3 Å². The molecule has 0 saturated heterocycles. The van der Waals surface area contributed by atoms with E-state index in [-0.39, 0.29) is 0 Å². The molecule has 0 radical (unpaired) electrons. The molecule has 24 heavy (non-hydrogen) atoms. The summed E-state index contributed by atoms with van der Waals surface area (Å²) in [5, 5.41) is 0. The largest absolute Gasteiger partial charge is 0.218 e. The van der Waals surface area contributed by atoms with Crippen LogP contribution in [0.3, 0.4) is 0 Å². The van der Waals surface area contributed by atoms with Crippen LogP contribution in [-0.4, -0.2) is 15.0 Å². The molecule has 2 aromatic carbocycles. The molecule has 0 spiro atoms. The first kappa shape index (κ1) is 15.0. The molecule has 0 fully saturated rings. The van der Waals surface area contributed by atoms with Crippen molar-refractivity contribution in [2.45, 2.75) is 39.5 Å². The Bertz CT molecular complexity index is 877. The van der Waals surface area contributed by atoms with Crippen LogP contribution in [0.5, 0.6) is 0 Å². The predicted octanol–water partition coefficient (Wildman–Crippen LogP) is 4.16. The molecule has 0 aliphatic heterocycles. The number of nitrogens with zero attached hydrogens (tertiary/aromatic N) is 3. The molecular weight excluding hydrogens is 294 g/mol. The maximum Gasteiger partial charge on any atom is 0.136 e. The highest BCUT2D eigenvalue weighted by Crippen LogP contribution is 2.37. The van der Waals surface area contributed by atoms with E-state index in [9.17, 15) is 0 Å². The summed E-state index contributed by atoms with van der Waals surface area (Å²) in [7, 11) is 0. The van der Waals surface area contributed by atoms with Gasteiger partial charge in [-0.1, -0.05) is 56.3 Å². The number of benzene rings is 2. The Morgan fingerprint density at radius 1 is 0.750 bits per heavy atom. The maximum absolute atomic E-state index is 4.61. The Kier molecular flexibility index (Phi) is 3.85. The zero-order chi connectivity index (χ0) is 16.5. The average Bonchev–Trinajstić information content (AvgIpc) is 2.99. The van der Waals surface area contributed by atoms with E-state index < -0.39 is 0 Å². The summed E-state index contributed by atoms with van der Waals surface area (Å²) in [5.74, 6) is 2.66. The lowest BCUT2D eigenvalue weighted by Gasteiger charge is -2.07. The number of aryl methyl sites for hydroxylation is 2. The fraction of sp³-hybridized carbons (Fsp3) is 0.286. The Morgan fingerprint density at radius 2 is 1.42 bits per heavy atom. The Balaban J connectivity index is 1.68. The van der Waals surface area contributed by atoms with Crippen molar-refractivity contribution in [2.24, 2.45) is 0 Å². The quantitative estimate of drug-likeness (QED) is 0.567. The zero-order valence-corrected chi connectivity index (χ0v) is 14.2. The minimum Gasteiger partial charge on any atom is -0.218 e. The second kappa shape index (κ2) is 6.16. The molecule has 1 aromatic heterocycles. The van der Waals surface area contributed by atoms with Crippen molar-refractivity contribution in [1.29, 1.82) is 0 Å². The van der Waals surface area contributed by atoms with Gasteiger partial charge in [0.25, 0.3) is 0 Å². The lowest BCUT2D eigenvalue weighted by molar-refractivity contribution is 0.779. The van der Waals surface area contributed by atoms with Gasteiger partial charge in [-0.2, -0.15) is 0 Å². The van der Waals surface area contributed by atoms with Crippen molar-refractivity contribution in [3.8, 4) is 11.1 Å². The van der Waals surface area contributed by atoms with Crippen LogP contribution >= 0.6 is 0 Å². The smallest absolute Gasteiger partial charge is 0.136 e. The molecule has 4 rings (SSSR count). The standard InChI is InChI=1S/C21H21N3/c1-3-19-22-20(4-2)24-21(23-19)12-14-9-10-16-13-15-7-5-6-8-17(15)18(16)11-14/h5-11H,3-4,12-13H2,1-2H3. The molecule has 0 atom stereocenters. The molecule has 0 bridgehead atoms. The molecule has 1 heterocycles. The molecule has 0 N–H and O–H groups in total. The van der Waals surface area contributed by atoms with Gasteiger partial charge in [-0.25, -0.2) is 15.0 Å². The van der Waals surface area contributed by atoms with Crippen molar-refractivity contribution >= 4 is 0 Å². The van der Waals surface area contributed by atoms with Gasteiger partial charge in [0, 0.05) is 19.3 Å². The Morgan fingerprint density at radius 3 is 2.17 bits per heavy atom. The third kappa shape index (κ3) is 2.71. The molecule has 0 amide bonds. The van der Waals surface area contributed by atoms with Gasteiger partial charge in [-0.3, -0.25) is 0 Å². The van der Waals surface area contributed by atoms with Crippen LogP contribution in [0.4, 0.5) is 0 Å². The van der Waals surface area contributed by atoms with Gasteiger partial charge < -0.3 is 0 Å². The molecule has 1 aliphatic rings. The van der Waals surface area contributed by atoms with Crippen molar-refractivity contribution in [3.05, 3.63) is 76.6 Å². The molecule has 3 heteroatoms. The first-order chi connectivity index (χ1) is 11.8. The van der Waals surface area contributed by atoms with Crippen LogP contribution < -0.4 is 0 Å². The molecule has 0 unspecified atom stereocenters. The van der Waals surface area contributed by atoms with Gasteiger partial charge in [0.15, 0.2) is 0 Å². The summed E-state index contributed by atoms with van der Waals surface area (Å²) in [6.07, 6.45) is 3.50. The normalized spacial score (nSPS) is 12.1. The third-order valence-electron chi connectivity index (χ3n) is 4.63. The molecule has 0 saturated carbocycles. The number of fused-ring (bicyclic) bond motifs is 3. The van der Waals surface area contributed by atoms with E-state index in [1.165, 1.54) is 27.8 Å². The summed E-state index contributed by atoms with van der Waals surface area (Å²) in [6.45, 7) is 4.18. The van der Waals surface area contributed by atoms with Crippen LogP contribution in [0.25, 0.3) is 11.1 Å². The fourth-order valence-electron chi connectivity index (χ4n) is 3.38. The maximum atomic E-state index is 4.61. The molecule has 120 valence electrons. The lowest BCUT2D eigenvalue weighted by Crippen LogP contribution is -2.07. The van der Waals surface area contributed by atoms with Gasteiger partial charge in [0.1, 0.15) is 17.5 Å². The first-order valence-electron chi connectivity index (χ1n) is 8.69. The van der Waals surface area contributed by atoms with Crippen LogP contribution in [0.2, 0.25) is 0 Å². The third-order valence-corrected chi connectivity index (χ3v) is 4.63. The van der Waals surface area contributed by atoms with Gasteiger partial charge in [0.2, 0.25) is 0 Å². The summed E-state index contributed by atoms with van der Waals surface area (Å²) in [4.78, 5) is 13.7. The minimum absolute atomic E-state index is 0.762. The highest BCUT2D eigenvalue weighted by molar-refractivity contribution is 5.77. The Hall–Kier alpha value is -2.55. The number of hydrogen-bond acceptors (Lipinski definition) is 3. The number of rotatable bonds is 4.